The highest BCUT2D eigenvalue weighted by Crippen LogP contribution is 2.34. The molecule has 2 aromatic rings. The molecule has 0 saturated heterocycles. The van der Waals surface area contributed by atoms with E-state index in [1.54, 1.807) is 0 Å². The number of hydrogen-bond donors (Lipinski definition) is 0. The SMILES string of the molecule is [2H]C([2H])([2H])n1cc2c(Br)ccc(OC3CC3)c2n1. The molecule has 1 heterocycles. The van der Waals surface area contributed by atoms with Crippen molar-refractivity contribution in [2.24, 2.45) is 6.98 Å². The highest BCUT2D eigenvalue weighted by Gasteiger charge is 2.24. The molecule has 0 spiro atoms. The van der Waals surface area contributed by atoms with Gasteiger partial charge in [0.15, 0.2) is 0 Å². The quantitative estimate of drug-likeness (QED) is 0.839. The Hall–Kier alpha value is -1.03. The Balaban J connectivity index is 2.13. The average molecular weight is 270 g/mol. The van der Waals surface area contributed by atoms with Crippen LogP contribution < -0.4 is 4.74 Å². The van der Waals surface area contributed by atoms with Gasteiger partial charge in [-0.1, -0.05) is 15.9 Å². The van der Waals surface area contributed by atoms with Crippen molar-refractivity contribution < 1.29 is 8.85 Å². The molecule has 1 aliphatic carbocycles. The second-order valence-electron chi connectivity index (χ2n) is 3.70. The van der Waals surface area contributed by atoms with Gasteiger partial charge in [0.2, 0.25) is 0 Å². The van der Waals surface area contributed by atoms with E-state index in [0.29, 0.717) is 11.3 Å². The molecule has 3 nitrogen and oxygen atoms in total. The fourth-order valence-corrected chi connectivity index (χ4v) is 1.93. The van der Waals surface area contributed by atoms with Gasteiger partial charge in [-0.25, -0.2) is 0 Å². The predicted octanol–water partition coefficient (Wildman–Crippen LogP) is 2.88. The number of fused-ring (bicyclic) bond motifs is 1. The van der Waals surface area contributed by atoms with Crippen molar-refractivity contribution >= 4 is 26.8 Å². The van der Waals surface area contributed by atoms with Gasteiger partial charge in [0.1, 0.15) is 11.3 Å². The monoisotopic (exact) mass is 269 g/mol. The van der Waals surface area contributed by atoms with Crippen LogP contribution in [0.1, 0.15) is 17.0 Å². The van der Waals surface area contributed by atoms with E-state index in [9.17, 15) is 0 Å². The number of aromatic nitrogens is 2. The first kappa shape index (κ1) is 6.53. The molecule has 1 aromatic heterocycles. The maximum Gasteiger partial charge on any atom is 0.147 e. The number of halogens is 1. The molecular formula is C11H11BrN2O. The van der Waals surface area contributed by atoms with Gasteiger partial charge < -0.3 is 4.74 Å². The van der Waals surface area contributed by atoms with Crippen molar-refractivity contribution in [3.63, 3.8) is 0 Å². The normalized spacial score (nSPS) is 19.7. The Labute approximate surface area is 100 Å². The van der Waals surface area contributed by atoms with Crippen LogP contribution in [-0.2, 0) is 6.98 Å². The van der Waals surface area contributed by atoms with Gasteiger partial charge in [-0.05, 0) is 25.0 Å². The second kappa shape index (κ2) is 3.23. The van der Waals surface area contributed by atoms with Crippen LogP contribution in [-0.4, -0.2) is 15.9 Å². The van der Waals surface area contributed by atoms with Crippen LogP contribution >= 0.6 is 15.9 Å². The maximum atomic E-state index is 7.38. The molecule has 15 heavy (non-hydrogen) atoms. The minimum atomic E-state index is -2.27. The van der Waals surface area contributed by atoms with Crippen LogP contribution in [0.4, 0.5) is 0 Å². The Morgan fingerprint density at radius 1 is 1.60 bits per heavy atom. The topological polar surface area (TPSA) is 27.1 Å². The Kier molecular flexibility index (Phi) is 1.41. The van der Waals surface area contributed by atoms with Gasteiger partial charge in [0.25, 0.3) is 0 Å². The zero-order chi connectivity index (χ0) is 12.9. The van der Waals surface area contributed by atoms with Crippen molar-refractivity contribution in [2.75, 3.05) is 0 Å². The third-order valence-electron chi connectivity index (χ3n) is 2.40. The smallest absolute Gasteiger partial charge is 0.147 e. The fourth-order valence-electron chi connectivity index (χ4n) is 1.51. The fraction of sp³-hybridized carbons (Fsp3) is 0.364. The molecule has 0 atom stereocenters. The van der Waals surface area contributed by atoms with Crippen LogP contribution in [0.15, 0.2) is 22.8 Å². The molecule has 1 aliphatic rings. The van der Waals surface area contributed by atoms with Gasteiger partial charge >= 0.3 is 0 Å². The lowest BCUT2D eigenvalue weighted by Gasteiger charge is -2.04. The Morgan fingerprint density at radius 3 is 3.20 bits per heavy atom. The molecule has 0 bridgehead atoms. The van der Waals surface area contributed by atoms with E-state index in [2.05, 4.69) is 21.0 Å². The van der Waals surface area contributed by atoms with Gasteiger partial charge in [0.05, 0.1) is 6.10 Å². The zero-order valence-electron chi connectivity index (χ0n) is 10.9. The first-order valence-corrected chi connectivity index (χ1v) is 5.59. The molecule has 1 fully saturated rings. The van der Waals surface area contributed by atoms with E-state index in [0.717, 1.165) is 27.4 Å². The van der Waals surface area contributed by atoms with Gasteiger partial charge in [-0.3, -0.25) is 4.68 Å². The number of rotatable bonds is 2. The minimum absolute atomic E-state index is 0.257. The van der Waals surface area contributed by atoms with E-state index in [1.165, 1.54) is 6.20 Å². The summed E-state index contributed by atoms with van der Waals surface area (Å²) < 4.78 is 29.7. The molecule has 3 rings (SSSR count). The summed E-state index contributed by atoms with van der Waals surface area (Å²) in [7, 11) is 0. The van der Waals surface area contributed by atoms with Gasteiger partial charge in [-0.15, -0.1) is 0 Å². The highest BCUT2D eigenvalue weighted by atomic mass is 79.9. The van der Waals surface area contributed by atoms with Crippen LogP contribution in [0.5, 0.6) is 5.75 Å². The Morgan fingerprint density at radius 2 is 2.47 bits per heavy atom. The van der Waals surface area contributed by atoms with Crippen LogP contribution in [0, 0.1) is 0 Å². The summed E-state index contributed by atoms with van der Waals surface area (Å²) in [6, 6.07) is 3.67. The van der Waals surface area contributed by atoms with Crippen molar-refractivity contribution in [1.82, 2.24) is 9.78 Å². The van der Waals surface area contributed by atoms with E-state index >= 15 is 0 Å². The van der Waals surface area contributed by atoms with Crippen molar-refractivity contribution in [1.29, 1.82) is 0 Å². The summed E-state index contributed by atoms with van der Waals surface area (Å²) >= 11 is 3.40. The lowest BCUT2D eigenvalue weighted by Crippen LogP contribution is -1.96. The third-order valence-corrected chi connectivity index (χ3v) is 3.10. The lowest BCUT2D eigenvalue weighted by atomic mass is 10.2. The van der Waals surface area contributed by atoms with Gasteiger partial charge in [-0.2, -0.15) is 5.10 Å². The summed E-state index contributed by atoms with van der Waals surface area (Å²) in [5.41, 5.74) is 0.590. The van der Waals surface area contributed by atoms with E-state index in [4.69, 9.17) is 8.85 Å². The summed E-state index contributed by atoms with van der Waals surface area (Å²) in [5.74, 6) is 0.652. The molecule has 0 N–H and O–H groups in total. The van der Waals surface area contributed by atoms with Crippen molar-refractivity contribution in [3.8, 4) is 5.75 Å². The summed E-state index contributed by atoms with van der Waals surface area (Å²) in [6.07, 6.45) is 3.88. The van der Waals surface area contributed by atoms with E-state index in [1.807, 2.05) is 12.1 Å². The number of hydrogen-bond acceptors (Lipinski definition) is 2. The number of benzene rings is 1. The van der Waals surface area contributed by atoms with Gasteiger partial charge in [0, 0.05) is 27.1 Å². The third kappa shape index (κ3) is 1.63. The zero-order valence-corrected chi connectivity index (χ0v) is 9.49. The number of ether oxygens (including phenoxy) is 1. The molecule has 1 aromatic carbocycles. The van der Waals surface area contributed by atoms with Crippen molar-refractivity contribution in [3.05, 3.63) is 22.8 Å². The molecule has 0 amide bonds. The van der Waals surface area contributed by atoms with Crippen LogP contribution in [0.3, 0.4) is 0 Å². The molecule has 78 valence electrons. The second-order valence-corrected chi connectivity index (χ2v) is 4.55. The average Bonchev–Trinajstić information content (AvgIpc) is 2.95. The highest BCUT2D eigenvalue weighted by molar-refractivity contribution is 9.10. The molecular weight excluding hydrogens is 256 g/mol. The molecule has 0 unspecified atom stereocenters. The standard InChI is InChI=1S/C11H11BrN2O/c1-14-6-8-9(12)4-5-10(11(8)13-14)15-7-2-3-7/h4-7H,2-3H2,1H3/i1D3. The van der Waals surface area contributed by atoms with Crippen molar-refractivity contribution in [2.45, 2.75) is 18.9 Å². The molecule has 0 aliphatic heterocycles. The first-order valence-electron chi connectivity index (χ1n) is 6.30. The van der Waals surface area contributed by atoms with E-state index in [-0.39, 0.29) is 6.10 Å². The molecule has 4 heteroatoms. The Bertz CT molecular complexity index is 604. The number of aryl methyl sites for hydroxylation is 1. The summed E-state index contributed by atoms with van der Waals surface area (Å²) in [5, 5.41) is 4.88. The molecule has 0 radical (unpaired) electrons. The molecule has 1 saturated carbocycles. The summed E-state index contributed by atoms with van der Waals surface area (Å²) in [6.45, 7) is -2.27. The number of nitrogens with zero attached hydrogens (tertiary/aromatic N) is 2. The summed E-state index contributed by atoms with van der Waals surface area (Å²) in [4.78, 5) is 0. The maximum absolute atomic E-state index is 7.38. The lowest BCUT2D eigenvalue weighted by molar-refractivity contribution is 0.306. The largest absolute Gasteiger partial charge is 0.488 e. The first-order chi connectivity index (χ1) is 8.45. The van der Waals surface area contributed by atoms with Crippen LogP contribution in [0.25, 0.3) is 10.9 Å². The minimum Gasteiger partial charge on any atom is -0.488 e. The van der Waals surface area contributed by atoms with E-state index < -0.39 is 6.98 Å². The predicted molar refractivity (Wildman–Crippen MR) is 62.1 cm³/mol. The van der Waals surface area contributed by atoms with Crippen LogP contribution in [0.2, 0.25) is 0 Å².